The molecule has 2 rings (SSSR count). The maximum absolute atomic E-state index is 3.54. The molecule has 0 heterocycles. The second-order valence-corrected chi connectivity index (χ2v) is 5.12. The van der Waals surface area contributed by atoms with Crippen molar-refractivity contribution in [2.45, 2.75) is 34.6 Å². The van der Waals surface area contributed by atoms with Gasteiger partial charge in [0.15, 0.2) is 0 Å². The van der Waals surface area contributed by atoms with Crippen LogP contribution in [0.1, 0.15) is 27.8 Å². The van der Waals surface area contributed by atoms with Crippen molar-refractivity contribution >= 4 is 11.4 Å². The molecule has 94 valence electrons. The molecule has 1 N–H and O–H groups in total. The van der Waals surface area contributed by atoms with E-state index in [0.29, 0.717) is 0 Å². The van der Waals surface area contributed by atoms with Crippen molar-refractivity contribution in [1.29, 1.82) is 0 Å². The van der Waals surface area contributed by atoms with E-state index in [2.05, 4.69) is 70.3 Å². The Hall–Kier alpha value is -1.76. The number of anilines is 2. The first kappa shape index (κ1) is 12.7. The summed E-state index contributed by atoms with van der Waals surface area (Å²) in [6, 6.07) is 10.8. The summed E-state index contributed by atoms with van der Waals surface area (Å²) in [6.45, 7) is 10.8. The second-order valence-electron chi connectivity index (χ2n) is 5.12. The predicted molar refractivity (Wildman–Crippen MR) is 79.9 cm³/mol. The molecule has 0 aliphatic rings. The third-order valence-corrected chi connectivity index (χ3v) is 3.71. The van der Waals surface area contributed by atoms with Gasteiger partial charge in [0.2, 0.25) is 0 Å². The number of hydrogen-bond donors (Lipinski definition) is 1. The Bertz CT molecular complexity index is 582. The third kappa shape index (κ3) is 2.40. The number of benzene rings is 2. The molecular formula is C17H21N. The van der Waals surface area contributed by atoms with E-state index in [-0.39, 0.29) is 0 Å². The summed E-state index contributed by atoms with van der Waals surface area (Å²) < 4.78 is 0. The Kier molecular flexibility index (Phi) is 3.42. The van der Waals surface area contributed by atoms with E-state index in [1.165, 1.54) is 39.2 Å². The van der Waals surface area contributed by atoms with Gasteiger partial charge in [0.1, 0.15) is 0 Å². The van der Waals surface area contributed by atoms with Crippen molar-refractivity contribution in [3.05, 3.63) is 58.1 Å². The van der Waals surface area contributed by atoms with Gasteiger partial charge in [0, 0.05) is 11.4 Å². The van der Waals surface area contributed by atoms with Crippen molar-refractivity contribution in [1.82, 2.24) is 0 Å². The lowest BCUT2D eigenvalue weighted by Crippen LogP contribution is -1.98. The summed E-state index contributed by atoms with van der Waals surface area (Å²) in [6.07, 6.45) is 0. The maximum atomic E-state index is 3.54. The quantitative estimate of drug-likeness (QED) is 0.780. The Morgan fingerprint density at radius 2 is 1.33 bits per heavy atom. The van der Waals surface area contributed by atoms with Crippen LogP contribution in [0, 0.1) is 34.6 Å². The van der Waals surface area contributed by atoms with Gasteiger partial charge in [0.25, 0.3) is 0 Å². The fraction of sp³-hybridized carbons (Fsp3) is 0.294. The Balaban J connectivity index is 2.37. The van der Waals surface area contributed by atoms with Crippen LogP contribution in [0.25, 0.3) is 0 Å². The fourth-order valence-corrected chi connectivity index (χ4v) is 2.19. The molecule has 0 radical (unpaired) electrons. The first-order valence-electron chi connectivity index (χ1n) is 6.40. The van der Waals surface area contributed by atoms with Crippen molar-refractivity contribution in [2.75, 3.05) is 5.32 Å². The van der Waals surface area contributed by atoms with Crippen LogP contribution in [0.5, 0.6) is 0 Å². The molecule has 18 heavy (non-hydrogen) atoms. The lowest BCUT2D eigenvalue weighted by molar-refractivity contribution is 1.26. The van der Waals surface area contributed by atoms with Gasteiger partial charge in [-0.15, -0.1) is 0 Å². The summed E-state index contributed by atoms with van der Waals surface area (Å²) in [5.74, 6) is 0. The largest absolute Gasteiger partial charge is 0.355 e. The van der Waals surface area contributed by atoms with Gasteiger partial charge < -0.3 is 5.32 Å². The van der Waals surface area contributed by atoms with Crippen molar-refractivity contribution in [3.8, 4) is 0 Å². The molecule has 1 heteroatoms. The first-order valence-corrected chi connectivity index (χ1v) is 6.40. The summed E-state index contributed by atoms with van der Waals surface area (Å²) in [4.78, 5) is 0. The molecule has 1 nitrogen and oxygen atoms in total. The number of rotatable bonds is 2. The topological polar surface area (TPSA) is 12.0 Å². The molecular weight excluding hydrogens is 218 g/mol. The molecule has 0 amide bonds. The molecule has 0 fully saturated rings. The predicted octanol–water partition coefficient (Wildman–Crippen LogP) is 4.97. The van der Waals surface area contributed by atoms with Gasteiger partial charge in [-0.2, -0.15) is 0 Å². The fourth-order valence-electron chi connectivity index (χ4n) is 2.19. The minimum atomic E-state index is 1.19. The van der Waals surface area contributed by atoms with Gasteiger partial charge in [0.05, 0.1) is 0 Å². The number of aryl methyl sites for hydroxylation is 3. The molecule has 0 atom stereocenters. The molecule has 0 aliphatic carbocycles. The van der Waals surface area contributed by atoms with Gasteiger partial charge in [-0.1, -0.05) is 23.8 Å². The minimum Gasteiger partial charge on any atom is -0.355 e. The Morgan fingerprint density at radius 1 is 0.667 bits per heavy atom. The van der Waals surface area contributed by atoms with Crippen molar-refractivity contribution < 1.29 is 0 Å². The molecule has 0 aromatic heterocycles. The highest BCUT2D eigenvalue weighted by Crippen LogP contribution is 2.27. The molecule has 0 spiro atoms. The van der Waals surface area contributed by atoms with Crippen molar-refractivity contribution in [3.63, 3.8) is 0 Å². The van der Waals surface area contributed by atoms with Crippen LogP contribution in [0.2, 0.25) is 0 Å². The van der Waals surface area contributed by atoms with E-state index in [4.69, 9.17) is 0 Å². The summed E-state index contributed by atoms with van der Waals surface area (Å²) in [5, 5.41) is 3.54. The van der Waals surface area contributed by atoms with Crippen LogP contribution in [0.4, 0.5) is 11.4 Å². The van der Waals surface area contributed by atoms with Gasteiger partial charge in [-0.3, -0.25) is 0 Å². The van der Waals surface area contributed by atoms with E-state index in [1.807, 2.05) is 0 Å². The molecule has 2 aromatic rings. The highest BCUT2D eigenvalue weighted by molar-refractivity contribution is 5.67. The van der Waals surface area contributed by atoms with E-state index >= 15 is 0 Å². The first-order chi connectivity index (χ1) is 8.49. The zero-order chi connectivity index (χ0) is 13.3. The third-order valence-electron chi connectivity index (χ3n) is 3.71. The van der Waals surface area contributed by atoms with E-state index in [9.17, 15) is 0 Å². The monoisotopic (exact) mass is 239 g/mol. The minimum absolute atomic E-state index is 1.19. The molecule has 0 saturated heterocycles. The average molecular weight is 239 g/mol. The van der Waals surface area contributed by atoms with E-state index in [1.54, 1.807) is 0 Å². The van der Waals surface area contributed by atoms with Crippen LogP contribution < -0.4 is 5.32 Å². The molecule has 0 unspecified atom stereocenters. The van der Waals surface area contributed by atoms with E-state index in [0.717, 1.165) is 0 Å². The van der Waals surface area contributed by atoms with Gasteiger partial charge in [-0.25, -0.2) is 0 Å². The van der Waals surface area contributed by atoms with Gasteiger partial charge in [-0.05, 0) is 69.0 Å². The standard InChI is InChI=1S/C17H21N/c1-11-6-8-16(13(3)10-11)18-17-9-7-12(2)14(4)15(17)5/h6-10,18H,1-5H3. The molecule has 0 saturated carbocycles. The van der Waals surface area contributed by atoms with Crippen LogP contribution in [0.15, 0.2) is 30.3 Å². The van der Waals surface area contributed by atoms with Crippen molar-refractivity contribution in [2.24, 2.45) is 0 Å². The molecule has 0 aliphatic heterocycles. The van der Waals surface area contributed by atoms with Crippen LogP contribution >= 0.6 is 0 Å². The maximum Gasteiger partial charge on any atom is 0.0416 e. The Labute approximate surface area is 110 Å². The lowest BCUT2D eigenvalue weighted by Gasteiger charge is -2.15. The van der Waals surface area contributed by atoms with Gasteiger partial charge >= 0.3 is 0 Å². The smallest absolute Gasteiger partial charge is 0.0416 e. The summed E-state index contributed by atoms with van der Waals surface area (Å²) >= 11 is 0. The average Bonchev–Trinajstić information content (AvgIpc) is 2.33. The van der Waals surface area contributed by atoms with Crippen LogP contribution in [0.3, 0.4) is 0 Å². The normalized spacial score (nSPS) is 10.5. The lowest BCUT2D eigenvalue weighted by atomic mass is 10.0. The number of nitrogens with one attached hydrogen (secondary N) is 1. The SMILES string of the molecule is Cc1ccc(Nc2ccc(C)c(C)c2C)c(C)c1. The number of hydrogen-bond acceptors (Lipinski definition) is 1. The summed E-state index contributed by atoms with van der Waals surface area (Å²) in [5.41, 5.74) is 9.01. The molecule has 0 bridgehead atoms. The molecule has 2 aromatic carbocycles. The van der Waals surface area contributed by atoms with Crippen LogP contribution in [-0.2, 0) is 0 Å². The Morgan fingerprint density at radius 3 is 2.00 bits per heavy atom. The van der Waals surface area contributed by atoms with E-state index < -0.39 is 0 Å². The zero-order valence-corrected chi connectivity index (χ0v) is 11.9. The second kappa shape index (κ2) is 4.85. The van der Waals surface area contributed by atoms with Crippen LogP contribution in [-0.4, -0.2) is 0 Å². The zero-order valence-electron chi connectivity index (χ0n) is 11.9. The highest BCUT2D eigenvalue weighted by Gasteiger charge is 2.05. The highest BCUT2D eigenvalue weighted by atomic mass is 14.9. The summed E-state index contributed by atoms with van der Waals surface area (Å²) in [7, 11) is 0.